The molecular weight excluding hydrogens is 344 g/mol. The third-order valence-electron chi connectivity index (χ3n) is 4.48. The number of aryl methyl sites for hydroxylation is 2. The molecule has 0 aliphatic carbocycles. The maximum Gasteiger partial charge on any atom is 0.139 e. The van der Waals surface area contributed by atoms with E-state index in [1.54, 1.807) is 0 Å². The molecule has 0 spiro atoms. The van der Waals surface area contributed by atoms with Gasteiger partial charge in [0.1, 0.15) is 10.9 Å². The van der Waals surface area contributed by atoms with Gasteiger partial charge in [0.25, 0.3) is 0 Å². The van der Waals surface area contributed by atoms with Crippen LogP contribution in [0, 0.1) is 0 Å². The largest absolute Gasteiger partial charge is 0.491 e. The van der Waals surface area contributed by atoms with Gasteiger partial charge in [0.05, 0.1) is 17.1 Å². The maximum absolute atomic E-state index is 6.39. The highest BCUT2D eigenvalue weighted by molar-refractivity contribution is 6.35. The van der Waals surface area contributed by atoms with Crippen LogP contribution in [0.25, 0.3) is 21.8 Å². The molecule has 0 bridgehead atoms. The molecule has 4 aromatic rings. The highest BCUT2D eigenvalue weighted by atomic mass is 35.5. The van der Waals surface area contributed by atoms with Crippen LogP contribution in [-0.2, 0) is 13.0 Å². The molecule has 0 N–H and O–H groups in total. The van der Waals surface area contributed by atoms with Crippen molar-refractivity contribution in [3.63, 3.8) is 0 Å². The Balaban J connectivity index is 1.66. The van der Waals surface area contributed by atoms with Crippen LogP contribution in [0.3, 0.4) is 0 Å². The molecule has 0 radical (unpaired) electrons. The number of pyridine rings is 1. The summed E-state index contributed by atoms with van der Waals surface area (Å²) in [6.45, 7) is 4.96. The molecule has 4 heteroatoms. The van der Waals surface area contributed by atoms with Gasteiger partial charge in [-0.25, -0.2) is 4.98 Å². The number of ether oxygens (including phenoxy) is 1. The Kier molecular flexibility index (Phi) is 4.56. The van der Waals surface area contributed by atoms with Crippen LogP contribution in [0.5, 0.6) is 5.75 Å². The van der Waals surface area contributed by atoms with Crippen molar-refractivity contribution in [1.82, 2.24) is 9.55 Å². The first-order chi connectivity index (χ1) is 12.6. The highest BCUT2D eigenvalue weighted by Gasteiger charge is 2.11. The zero-order valence-electron chi connectivity index (χ0n) is 14.9. The van der Waals surface area contributed by atoms with E-state index in [9.17, 15) is 0 Å². The fourth-order valence-corrected chi connectivity index (χ4v) is 3.60. The fraction of sp³-hybridized carbons (Fsp3) is 0.227. The molecule has 0 saturated heterocycles. The molecule has 0 saturated carbocycles. The van der Waals surface area contributed by atoms with E-state index in [-0.39, 0.29) is 6.10 Å². The van der Waals surface area contributed by atoms with Crippen LogP contribution in [0.1, 0.15) is 19.4 Å². The van der Waals surface area contributed by atoms with E-state index in [4.69, 9.17) is 16.3 Å². The first-order valence-corrected chi connectivity index (χ1v) is 9.28. The van der Waals surface area contributed by atoms with Gasteiger partial charge >= 0.3 is 0 Å². The van der Waals surface area contributed by atoms with E-state index in [0.717, 1.165) is 40.5 Å². The molecule has 0 fully saturated rings. The molecule has 3 nitrogen and oxygen atoms in total. The summed E-state index contributed by atoms with van der Waals surface area (Å²) in [6, 6.07) is 18.5. The number of halogens is 1. The Morgan fingerprint density at radius 2 is 1.88 bits per heavy atom. The Morgan fingerprint density at radius 3 is 2.73 bits per heavy atom. The SMILES string of the molecule is CC(C)Oc1cccc(CCn2ccc3c(Cl)nc4ccccc4c32)c1. The van der Waals surface area contributed by atoms with Crippen LogP contribution in [0.2, 0.25) is 5.15 Å². The lowest BCUT2D eigenvalue weighted by atomic mass is 10.1. The van der Waals surface area contributed by atoms with Gasteiger partial charge in [-0.1, -0.05) is 41.9 Å². The Hall–Kier alpha value is -2.52. The predicted molar refractivity (Wildman–Crippen MR) is 108 cm³/mol. The Morgan fingerprint density at radius 1 is 1.04 bits per heavy atom. The monoisotopic (exact) mass is 364 g/mol. The third-order valence-corrected chi connectivity index (χ3v) is 4.76. The number of aromatic nitrogens is 2. The molecule has 26 heavy (non-hydrogen) atoms. The molecule has 0 amide bonds. The average Bonchev–Trinajstić information content (AvgIpc) is 3.05. The molecule has 0 unspecified atom stereocenters. The second-order valence-electron chi connectivity index (χ2n) is 6.76. The van der Waals surface area contributed by atoms with Crippen LogP contribution in [0.15, 0.2) is 60.8 Å². The van der Waals surface area contributed by atoms with Crippen molar-refractivity contribution in [3.8, 4) is 5.75 Å². The Labute approximate surface area is 158 Å². The summed E-state index contributed by atoms with van der Waals surface area (Å²) in [5.41, 5.74) is 3.34. The summed E-state index contributed by atoms with van der Waals surface area (Å²) < 4.78 is 8.07. The minimum absolute atomic E-state index is 0.180. The lowest BCUT2D eigenvalue weighted by molar-refractivity contribution is 0.242. The summed E-state index contributed by atoms with van der Waals surface area (Å²) >= 11 is 6.39. The van der Waals surface area contributed by atoms with Crippen molar-refractivity contribution >= 4 is 33.4 Å². The normalized spacial score (nSPS) is 11.5. The molecule has 0 aliphatic heterocycles. The molecule has 2 aromatic carbocycles. The van der Waals surface area contributed by atoms with Crippen molar-refractivity contribution in [1.29, 1.82) is 0 Å². The van der Waals surface area contributed by atoms with E-state index < -0.39 is 0 Å². The molecule has 2 heterocycles. The number of benzene rings is 2. The summed E-state index contributed by atoms with van der Waals surface area (Å²) in [4.78, 5) is 4.51. The van der Waals surface area contributed by atoms with E-state index in [0.29, 0.717) is 5.15 Å². The predicted octanol–water partition coefficient (Wildman–Crippen LogP) is 5.87. The minimum atomic E-state index is 0.180. The first-order valence-electron chi connectivity index (χ1n) is 8.90. The van der Waals surface area contributed by atoms with Crippen molar-refractivity contribution in [3.05, 3.63) is 71.5 Å². The van der Waals surface area contributed by atoms with Gasteiger partial charge in [-0.15, -0.1) is 0 Å². The smallest absolute Gasteiger partial charge is 0.139 e. The number of hydrogen-bond donors (Lipinski definition) is 0. The second kappa shape index (κ2) is 7.00. The topological polar surface area (TPSA) is 27.1 Å². The van der Waals surface area contributed by atoms with Crippen LogP contribution in [-0.4, -0.2) is 15.7 Å². The number of para-hydroxylation sites is 1. The van der Waals surface area contributed by atoms with Gasteiger partial charge in [0.15, 0.2) is 0 Å². The molecule has 0 aliphatic rings. The van der Waals surface area contributed by atoms with Crippen molar-refractivity contribution < 1.29 is 4.74 Å². The summed E-state index contributed by atoms with van der Waals surface area (Å²) in [7, 11) is 0. The van der Waals surface area contributed by atoms with Gasteiger partial charge in [-0.3, -0.25) is 0 Å². The van der Waals surface area contributed by atoms with E-state index in [1.807, 2.05) is 38.1 Å². The average molecular weight is 365 g/mol. The fourth-order valence-electron chi connectivity index (χ4n) is 3.36. The number of nitrogens with zero attached hydrogens (tertiary/aromatic N) is 2. The molecule has 4 rings (SSSR count). The van der Waals surface area contributed by atoms with Crippen molar-refractivity contribution in [2.75, 3.05) is 0 Å². The van der Waals surface area contributed by atoms with E-state index in [1.165, 1.54) is 5.56 Å². The zero-order chi connectivity index (χ0) is 18.1. The van der Waals surface area contributed by atoms with E-state index >= 15 is 0 Å². The van der Waals surface area contributed by atoms with Gasteiger partial charge < -0.3 is 9.30 Å². The van der Waals surface area contributed by atoms with Crippen molar-refractivity contribution in [2.24, 2.45) is 0 Å². The van der Waals surface area contributed by atoms with Crippen LogP contribution >= 0.6 is 11.6 Å². The molecule has 132 valence electrons. The number of fused-ring (bicyclic) bond motifs is 3. The standard InChI is InChI=1S/C22H21ClN2O/c1-15(2)26-17-7-5-6-16(14-17)10-12-25-13-11-19-21(25)18-8-3-4-9-20(18)24-22(19)23/h3-9,11,13-15H,10,12H2,1-2H3. The van der Waals surface area contributed by atoms with Crippen molar-refractivity contribution in [2.45, 2.75) is 32.9 Å². The lowest BCUT2D eigenvalue weighted by Gasteiger charge is -2.12. The quantitative estimate of drug-likeness (QED) is 0.414. The minimum Gasteiger partial charge on any atom is -0.491 e. The maximum atomic E-state index is 6.39. The van der Waals surface area contributed by atoms with Crippen LogP contribution in [0.4, 0.5) is 0 Å². The van der Waals surface area contributed by atoms with Gasteiger partial charge in [-0.2, -0.15) is 0 Å². The molecular formula is C22H21ClN2O. The van der Waals surface area contributed by atoms with Gasteiger partial charge in [0.2, 0.25) is 0 Å². The summed E-state index contributed by atoms with van der Waals surface area (Å²) in [5.74, 6) is 0.924. The molecule has 2 aromatic heterocycles. The summed E-state index contributed by atoms with van der Waals surface area (Å²) in [5, 5.41) is 2.70. The number of hydrogen-bond acceptors (Lipinski definition) is 2. The number of rotatable bonds is 5. The summed E-state index contributed by atoms with van der Waals surface area (Å²) in [6.07, 6.45) is 3.20. The van der Waals surface area contributed by atoms with Gasteiger partial charge in [0, 0.05) is 23.5 Å². The first kappa shape index (κ1) is 16.9. The highest BCUT2D eigenvalue weighted by Crippen LogP contribution is 2.30. The molecule has 0 atom stereocenters. The lowest BCUT2D eigenvalue weighted by Crippen LogP contribution is -2.06. The zero-order valence-corrected chi connectivity index (χ0v) is 15.7. The van der Waals surface area contributed by atoms with Crippen LogP contribution < -0.4 is 4.74 Å². The second-order valence-corrected chi connectivity index (χ2v) is 7.11. The van der Waals surface area contributed by atoms with Gasteiger partial charge in [-0.05, 0) is 50.1 Å². The van der Waals surface area contributed by atoms with E-state index in [2.05, 4.69) is 46.1 Å². The Bertz CT molecular complexity index is 1070. The third kappa shape index (κ3) is 3.27.